The summed E-state index contributed by atoms with van der Waals surface area (Å²) in [5.41, 5.74) is 0. The first-order valence-electron chi connectivity index (χ1n) is 15.1. The molecule has 16 nitrogen and oxygen atoms in total. The summed E-state index contributed by atoms with van der Waals surface area (Å²) in [4.78, 5) is 0. The molecule has 2 rings (SSSR count). The first kappa shape index (κ1) is 41.5. The van der Waals surface area contributed by atoms with Gasteiger partial charge in [-0.05, 0) is 0 Å². The van der Waals surface area contributed by atoms with Crippen molar-refractivity contribution in [1.29, 1.82) is 0 Å². The Hall–Kier alpha value is -0.640. The van der Waals surface area contributed by atoms with Crippen molar-refractivity contribution in [3.8, 4) is 0 Å². The molecule has 0 saturated carbocycles. The predicted molar refractivity (Wildman–Crippen MR) is 161 cm³/mol. The summed E-state index contributed by atoms with van der Waals surface area (Å²) in [6.07, 6.45) is -9.65. The Balaban J connectivity index is 2.48. The molecule has 2 aliphatic rings. The summed E-state index contributed by atoms with van der Waals surface area (Å²) in [6.45, 7) is 0.783. The maximum atomic E-state index is 6.67. The Bertz CT molecular complexity index is 781. The van der Waals surface area contributed by atoms with E-state index in [4.69, 9.17) is 75.8 Å². The Morgan fingerprint density at radius 3 is 1.30 bits per heavy atom. The first-order chi connectivity index (χ1) is 22.3. The summed E-state index contributed by atoms with van der Waals surface area (Å²) in [6, 6.07) is 0. The molecule has 0 aliphatic carbocycles. The van der Waals surface area contributed by atoms with Crippen LogP contribution in [0.15, 0.2) is 0 Å². The van der Waals surface area contributed by atoms with Crippen LogP contribution in [0.1, 0.15) is 0 Å². The van der Waals surface area contributed by atoms with Crippen molar-refractivity contribution in [1.82, 2.24) is 0 Å². The second kappa shape index (κ2) is 22.2. The van der Waals surface area contributed by atoms with Gasteiger partial charge in [-0.2, -0.15) is 0 Å². The highest BCUT2D eigenvalue weighted by Gasteiger charge is 2.54. The molecule has 0 radical (unpaired) electrons. The standard InChI is InChI=1S/C30H58O16/c1-31-13-17(35-5)21(37-7)23(18(36-6)14-32-2)45-30-28(42-12)26(40-10)24(20(44-30)16-34-4)46-29-27(41-11)25(39-9)22(38-8)19(43-29)15-33-3/h17-30H,13-16H2,1-12H3/t17?,18?,19-,20?,21?,22-,23?,24?,25+,26?,27-,28?,29-,30?/m1/s1. The zero-order valence-corrected chi connectivity index (χ0v) is 29.4. The molecule has 2 heterocycles. The molecule has 2 fully saturated rings. The lowest BCUT2D eigenvalue weighted by atomic mass is 9.96. The zero-order chi connectivity index (χ0) is 34.2. The number of rotatable bonds is 23. The van der Waals surface area contributed by atoms with Gasteiger partial charge in [0, 0.05) is 85.3 Å². The average Bonchev–Trinajstić information content (AvgIpc) is 3.07. The molecule has 0 N–H and O–H groups in total. The van der Waals surface area contributed by atoms with E-state index in [1.54, 1.807) is 78.2 Å². The smallest absolute Gasteiger partial charge is 0.187 e. The summed E-state index contributed by atoms with van der Waals surface area (Å²) in [5.74, 6) is 0. The maximum absolute atomic E-state index is 6.67. The van der Waals surface area contributed by atoms with Crippen LogP contribution in [0.25, 0.3) is 0 Å². The molecular formula is C30H58O16. The van der Waals surface area contributed by atoms with Crippen LogP contribution in [0.2, 0.25) is 0 Å². The van der Waals surface area contributed by atoms with Gasteiger partial charge in [0.15, 0.2) is 12.6 Å². The fraction of sp³-hybridized carbons (Fsp3) is 1.00. The number of methoxy groups -OCH3 is 12. The van der Waals surface area contributed by atoms with Gasteiger partial charge in [0.2, 0.25) is 0 Å². The average molecular weight is 675 g/mol. The second-order valence-corrected chi connectivity index (χ2v) is 10.9. The minimum Gasteiger partial charge on any atom is -0.382 e. The lowest BCUT2D eigenvalue weighted by molar-refractivity contribution is -0.375. The van der Waals surface area contributed by atoms with E-state index in [1.807, 2.05) is 0 Å². The van der Waals surface area contributed by atoms with Crippen LogP contribution >= 0.6 is 0 Å². The molecule has 274 valence electrons. The fourth-order valence-electron chi connectivity index (χ4n) is 6.16. The monoisotopic (exact) mass is 674 g/mol. The molecule has 2 saturated heterocycles. The van der Waals surface area contributed by atoms with Crippen molar-refractivity contribution < 1.29 is 75.8 Å². The molecule has 0 aromatic rings. The van der Waals surface area contributed by atoms with E-state index < -0.39 is 85.8 Å². The number of hydrogen-bond acceptors (Lipinski definition) is 16. The second-order valence-electron chi connectivity index (χ2n) is 10.9. The van der Waals surface area contributed by atoms with E-state index >= 15 is 0 Å². The van der Waals surface area contributed by atoms with Gasteiger partial charge in [-0.1, -0.05) is 0 Å². The molecule has 2 aliphatic heterocycles. The Morgan fingerprint density at radius 2 is 0.870 bits per heavy atom. The van der Waals surface area contributed by atoms with Gasteiger partial charge < -0.3 is 75.8 Å². The molecule has 0 spiro atoms. The van der Waals surface area contributed by atoms with Crippen LogP contribution in [0.5, 0.6) is 0 Å². The summed E-state index contributed by atoms with van der Waals surface area (Å²) >= 11 is 0. The molecular weight excluding hydrogens is 616 g/mol. The first-order valence-corrected chi connectivity index (χ1v) is 15.1. The van der Waals surface area contributed by atoms with Crippen LogP contribution in [0.4, 0.5) is 0 Å². The van der Waals surface area contributed by atoms with Crippen molar-refractivity contribution >= 4 is 0 Å². The van der Waals surface area contributed by atoms with Crippen molar-refractivity contribution in [3.63, 3.8) is 0 Å². The molecule has 9 unspecified atom stereocenters. The van der Waals surface area contributed by atoms with Gasteiger partial charge >= 0.3 is 0 Å². The third-order valence-corrected chi connectivity index (χ3v) is 8.38. The van der Waals surface area contributed by atoms with E-state index in [0.29, 0.717) is 0 Å². The van der Waals surface area contributed by atoms with Gasteiger partial charge in [-0.15, -0.1) is 0 Å². The summed E-state index contributed by atoms with van der Waals surface area (Å²) in [5, 5.41) is 0. The van der Waals surface area contributed by atoms with Gasteiger partial charge in [-0.3, -0.25) is 0 Å². The van der Waals surface area contributed by atoms with Gasteiger partial charge in [0.05, 0.1) is 26.4 Å². The molecule has 0 aromatic carbocycles. The van der Waals surface area contributed by atoms with Crippen molar-refractivity contribution in [2.75, 3.05) is 112 Å². The minimum absolute atomic E-state index is 0.121. The summed E-state index contributed by atoms with van der Waals surface area (Å²) < 4.78 is 94.8. The fourth-order valence-corrected chi connectivity index (χ4v) is 6.16. The van der Waals surface area contributed by atoms with Crippen LogP contribution in [-0.4, -0.2) is 198 Å². The lowest BCUT2D eigenvalue weighted by Gasteiger charge is -2.50. The van der Waals surface area contributed by atoms with Crippen LogP contribution in [-0.2, 0) is 75.8 Å². The van der Waals surface area contributed by atoms with Crippen LogP contribution in [0, 0.1) is 0 Å². The minimum atomic E-state index is -0.997. The Labute approximate surface area is 273 Å². The largest absolute Gasteiger partial charge is 0.382 e. The topological polar surface area (TPSA) is 148 Å². The quantitative estimate of drug-likeness (QED) is 0.142. The molecule has 14 atom stereocenters. The highest BCUT2D eigenvalue weighted by atomic mass is 16.8. The van der Waals surface area contributed by atoms with Crippen molar-refractivity contribution in [3.05, 3.63) is 0 Å². The Morgan fingerprint density at radius 1 is 0.435 bits per heavy atom. The third-order valence-electron chi connectivity index (χ3n) is 8.38. The van der Waals surface area contributed by atoms with Crippen LogP contribution < -0.4 is 0 Å². The highest BCUT2D eigenvalue weighted by molar-refractivity contribution is 4.97. The van der Waals surface area contributed by atoms with Gasteiger partial charge in [0.1, 0.15) is 73.2 Å². The number of ether oxygens (including phenoxy) is 16. The Kier molecular flexibility index (Phi) is 20.0. The third kappa shape index (κ3) is 10.2. The zero-order valence-electron chi connectivity index (χ0n) is 29.4. The normalized spacial score (nSPS) is 34.7. The van der Waals surface area contributed by atoms with E-state index in [2.05, 4.69) is 0 Å². The lowest BCUT2D eigenvalue weighted by Crippen LogP contribution is -2.67. The van der Waals surface area contributed by atoms with Crippen molar-refractivity contribution in [2.24, 2.45) is 0 Å². The molecule has 46 heavy (non-hydrogen) atoms. The maximum Gasteiger partial charge on any atom is 0.187 e. The highest BCUT2D eigenvalue weighted by Crippen LogP contribution is 2.35. The van der Waals surface area contributed by atoms with E-state index in [1.165, 1.54) is 7.11 Å². The summed E-state index contributed by atoms with van der Waals surface area (Å²) in [7, 11) is 18.8. The predicted octanol–water partition coefficient (Wildman–Crippen LogP) is -0.0878. The van der Waals surface area contributed by atoms with E-state index in [0.717, 1.165) is 0 Å². The molecule has 16 heteroatoms. The van der Waals surface area contributed by atoms with Crippen molar-refractivity contribution in [2.45, 2.75) is 85.8 Å². The van der Waals surface area contributed by atoms with E-state index in [-0.39, 0.29) is 26.4 Å². The molecule has 0 aromatic heterocycles. The molecule has 0 bridgehead atoms. The van der Waals surface area contributed by atoms with E-state index in [9.17, 15) is 0 Å². The number of hydrogen-bond donors (Lipinski definition) is 0. The van der Waals surface area contributed by atoms with Gasteiger partial charge in [-0.25, -0.2) is 0 Å². The van der Waals surface area contributed by atoms with Gasteiger partial charge in [0.25, 0.3) is 0 Å². The molecule has 0 amide bonds. The SMILES string of the molecule is COCC(OC)C(OC)C(OC1OC(COC)C(O[C@H]2O[C@H](COC)[C@@H](OC)[C@H](OC)[C@H]2OC)C(OC)C1OC)C(COC)OC. The van der Waals surface area contributed by atoms with Crippen LogP contribution in [0.3, 0.4) is 0 Å².